The number of ether oxygens (including phenoxy) is 1. The van der Waals surface area contributed by atoms with Gasteiger partial charge in [-0.3, -0.25) is 0 Å². The molecule has 0 saturated heterocycles. The molecule has 0 radical (unpaired) electrons. The van der Waals surface area contributed by atoms with Crippen LogP contribution in [0.25, 0.3) is 0 Å². The van der Waals surface area contributed by atoms with Gasteiger partial charge in [-0.2, -0.15) is 0 Å². The minimum atomic E-state index is 0.264. The minimum absolute atomic E-state index is 0.264. The van der Waals surface area contributed by atoms with E-state index in [1.54, 1.807) is 13.1 Å². The first kappa shape index (κ1) is 12.9. The summed E-state index contributed by atoms with van der Waals surface area (Å²) in [5, 5.41) is 0. The summed E-state index contributed by atoms with van der Waals surface area (Å²) in [7, 11) is 0. The molecule has 0 atom stereocenters. The van der Waals surface area contributed by atoms with Gasteiger partial charge in [0, 0.05) is 32.0 Å². The SMILES string of the molecule is CCOCc1nccn1CCCCC(C)=O. The molecule has 4 nitrogen and oxygen atoms in total. The van der Waals surface area contributed by atoms with Crippen molar-refractivity contribution in [2.24, 2.45) is 0 Å². The van der Waals surface area contributed by atoms with Crippen LogP contribution in [0, 0.1) is 0 Å². The Labute approximate surface area is 96.6 Å². The van der Waals surface area contributed by atoms with Crippen molar-refractivity contribution in [3.05, 3.63) is 18.2 Å². The quantitative estimate of drug-likeness (QED) is 0.636. The summed E-state index contributed by atoms with van der Waals surface area (Å²) in [4.78, 5) is 15.0. The maximum absolute atomic E-state index is 10.8. The van der Waals surface area contributed by atoms with Gasteiger partial charge in [-0.1, -0.05) is 0 Å². The molecule has 1 aromatic rings. The van der Waals surface area contributed by atoms with E-state index >= 15 is 0 Å². The largest absolute Gasteiger partial charge is 0.374 e. The molecule has 0 saturated carbocycles. The molecule has 0 aliphatic heterocycles. The number of imidazole rings is 1. The van der Waals surface area contributed by atoms with Crippen LogP contribution in [0.3, 0.4) is 0 Å². The van der Waals surface area contributed by atoms with Crippen molar-refractivity contribution >= 4 is 5.78 Å². The highest BCUT2D eigenvalue weighted by Gasteiger charge is 2.02. The van der Waals surface area contributed by atoms with E-state index in [1.165, 1.54) is 0 Å². The second-order valence-corrected chi connectivity index (χ2v) is 3.83. The molecule has 0 aromatic carbocycles. The van der Waals surface area contributed by atoms with Gasteiger partial charge in [0.05, 0.1) is 0 Å². The lowest BCUT2D eigenvalue weighted by Crippen LogP contribution is -2.05. The number of unbranched alkanes of at least 4 members (excludes halogenated alkanes) is 1. The molecule has 0 spiro atoms. The van der Waals surface area contributed by atoms with Gasteiger partial charge in [-0.15, -0.1) is 0 Å². The number of aromatic nitrogens is 2. The molecule has 0 aliphatic rings. The molecule has 1 heterocycles. The molecular formula is C12H20N2O2. The van der Waals surface area contributed by atoms with Crippen LogP contribution in [0.5, 0.6) is 0 Å². The Bertz CT molecular complexity index is 321. The summed E-state index contributed by atoms with van der Waals surface area (Å²) in [6, 6.07) is 0. The summed E-state index contributed by atoms with van der Waals surface area (Å²) >= 11 is 0. The molecule has 4 heteroatoms. The maximum Gasteiger partial charge on any atom is 0.134 e. The third-order valence-electron chi connectivity index (χ3n) is 2.41. The smallest absolute Gasteiger partial charge is 0.134 e. The Morgan fingerprint density at radius 1 is 1.50 bits per heavy atom. The van der Waals surface area contributed by atoms with Crippen LogP contribution in [-0.4, -0.2) is 21.9 Å². The highest BCUT2D eigenvalue weighted by Crippen LogP contribution is 2.04. The third kappa shape index (κ3) is 4.57. The highest BCUT2D eigenvalue weighted by atomic mass is 16.5. The van der Waals surface area contributed by atoms with Gasteiger partial charge < -0.3 is 14.1 Å². The van der Waals surface area contributed by atoms with Gasteiger partial charge in [0.15, 0.2) is 0 Å². The number of ketones is 1. The number of carbonyl (C=O) groups is 1. The number of carbonyl (C=O) groups excluding carboxylic acids is 1. The first-order valence-electron chi connectivity index (χ1n) is 5.81. The average molecular weight is 224 g/mol. The fourth-order valence-corrected chi connectivity index (χ4v) is 1.53. The number of hydrogen-bond acceptors (Lipinski definition) is 3. The summed E-state index contributed by atoms with van der Waals surface area (Å²) in [5.41, 5.74) is 0. The van der Waals surface area contributed by atoms with Crippen molar-refractivity contribution in [3.63, 3.8) is 0 Å². The van der Waals surface area contributed by atoms with Gasteiger partial charge in [-0.25, -0.2) is 4.98 Å². The zero-order chi connectivity index (χ0) is 11.8. The lowest BCUT2D eigenvalue weighted by Gasteiger charge is -2.07. The van der Waals surface area contributed by atoms with E-state index in [0.29, 0.717) is 19.6 Å². The Kier molecular flexibility index (Phi) is 5.78. The van der Waals surface area contributed by atoms with Crippen molar-refractivity contribution in [2.45, 2.75) is 46.3 Å². The minimum Gasteiger partial charge on any atom is -0.374 e. The van der Waals surface area contributed by atoms with Gasteiger partial charge in [0.2, 0.25) is 0 Å². The summed E-state index contributed by atoms with van der Waals surface area (Å²) < 4.78 is 7.42. The standard InChI is InChI=1S/C12H20N2O2/c1-3-16-10-12-13-7-9-14(12)8-5-4-6-11(2)15/h7,9H,3-6,8,10H2,1-2H3. The van der Waals surface area contributed by atoms with Crippen molar-refractivity contribution < 1.29 is 9.53 Å². The van der Waals surface area contributed by atoms with Gasteiger partial charge in [0.25, 0.3) is 0 Å². The van der Waals surface area contributed by atoms with Crippen LogP contribution in [0.2, 0.25) is 0 Å². The van der Waals surface area contributed by atoms with Crippen molar-refractivity contribution in [2.75, 3.05) is 6.61 Å². The molecule has 1 aromatic heterocycles. The maximum atomic E-state index is 10.8. The van der Waals surface area contributed by atoms with Gasteiger partial charge >= 0.3 is 0 Å². The molecule has 0 aliphatic carbocycles. The topological polar surface area (TPSA) is 44.1 Å². The molecule has 0 unspecified atom stereocenters. The van der Waals surface area contributed by atoms with E-state index in [-0.39, 0.29) is 5.78 Å². The first-order valence-corrected chi connectivity index (χ1v) is 5.81. The predicted molar refractivity (Wildman–Crippen MR) is 62.1 cm³/mol. The van der Waals surface area contributed by atoms with Crippen LogP contribution < -0.4 is 0 Å². The Morgan fingerprint density at radius 3 is 3.00 bits per heavy atom. The fraction of sp³-hybridized carbons (Fsp3) is 0.667. The fourth-order valence-electron chi connectivity index (χ4n) is 1.53. The van der Waals surface area contributed by atoms with Crippen LogP contribution in [0.1, 0.15) is 38.9 Å². The zero-order valence-corrected chi connectivity index (χ0v) is 10.1. The molecule has 0 amide bonds. The van der Waals surface area contributed by atoms with Crippen LogP contribution >= 0.6 is 0 Å². The molecule has 0 N–H and O–H groups in total. The van der Waals surface area contributed by atoms with E-state index in [1.807, 2.05) is 13.1 Å². The van der Waals surface area contributed by atoms with E-state index in [0.717, 1.165) is 25.2 Å². The van der Waals surface area contributed by atoms with E-state index < -0.39 is 0 Å². The molecule has 0 bridgehead atoms. The molecular weight excluding hydrogens is 204 g/mol. The van der Waals surface area contributed by atoms with E-state index in [2.05, 4.69) is 9.55 Å². The highest BCUT2D eigenvalue weighted by molar-refractivity contribution is 5.75. The van der Waals surface area contributed by atoms with Crippen LogP contribution in [0.4, 0.5) is 0 Å². The lowest BCUT2D eigenvalue weighted by atomic mass is 10.2. The second kappa shape index (κ2) is 7.17. The van der Waals surface area contributed by atoms with Gasteiger partial charge in [0.1, 0.15) is 18.2 Å². The number of Topliss-reactive ketones (excluding diaryl/α,β-unsaturated/α-hetero) is 1. The summed E-state index contributed by atoms with van der Waals surface area (Å²) in [6.07, 6.45) is 6.38. The molecule has 0 fully saturated rings. The lowest BCUT2D eigenvalue weighted by molar-refractivity contribution is -0.117. The number of rotatable bonds is 8. The normalized spacial score (nSPS) is 10.6. The summed E-state index contributed by atoms with van der Waals surface area (Å²) in [6.45, 7) is 5.79. The number of nitrogens with zero attached hydrogens (tertiary/aromatic N) is 2. The predicted octanol–water partition coefficient (Wildman–Crippen LogP) is 2.18. The van der Waals surface area contributed by atoms with Crippen molar-refractivity contribution in [1.29, 1.82) is 0 Å². The van der Waals surface area contributed by atoms with E-state index in [9.17, 15) is 4.79 Å². The first-order chi connectivity index (χ1) is 7.74. The number of hydrogen-bond donors (Lipinski definition) is 0. The number of aryl methyl sites for hydroxylation is 1. The molecule has 16 heavy (non-hydrogen) atoms. The second-order valence-electron chi connectivity index (χ2n) is 3.83. The molecule has 90 valence electrons. The average Bonchev–Trinajstić information content (AvgIpc) is 2.69. The van der Waals surface area contributed by atoms with Crippen LogP contribution in [0.15, 0.2) is 12.4 Å². The van der Waals surface area contributed by atoms with E-state index in [4.69, 9.17) is 4.74 Å². The molecule has 1 rings (SSSR count). The van der Waals surface area contributed by atoms with Crippen LogP contribution in [-0.2, 0) is 22.7 Å². The Balaban J connectivity index is 2.29. The van der Waals surface area contributed by atoms with Crippen molar-refractivity contribution in [1.82, 2.24) is 9.55 Å². The zero-order valence-electron chi connectivity index (χ0n) is 10.1. The summed E-state index contributed by atoms with van der Waals surface area (Å²) in [5.74, 6) is 1.23. The Morgan fingerprint density at radius 2 is 2.31 bits per heavy atom. The van der Waals surface area contributed by atoms with Gasteiger partial charge in [-0.05, 0) is 26.7 Å². The third-order valence-corrected chi connectivity index (χ3v) is 2.41. The Hall–Kier alpha value is -1.16. The monoisotopic (exact) mass is 224 g/mol. The van der Waals surface area contributed by atoms with Crippen molar-refractivity contribution in [3.8, 4) is 0 Å².